The number of rotatable bonds is 4. The molecule has 0 atom stereocenters. The van der Waals surface area contributed by atoms with E-state index in [9.17, 15) is 14.7 Å². The van der Waals surface area contributed by atoms with Gasteiger partial charge in [0, 0.05) is 18.0 Å². The van der Waals surface area contributed by atoms with E-state index in [-0.39, 0.29) is 17.9 Å². The molecule has 0 saturated heterocycles. The van der Waals surface area contributed by atoms with Crippen molar-refractivity contribution < 1.29 is 14.9 Å². The lowest BCUT2D eigenvalue weighted by Gasteiger charge is -2.13. The average molecular weight is 322 g/mol. The van der Waals surface area contributed by atoms with Gasteiger partial charge in [0.25, 0.3) is 11.5 Å². The minimum Gasteiger partial charge on any atom is -0.506 e. The Morgan fingerprint density at radius 1 is 1.29 bits per heavy atom. The standard InChI is InChI=1S/C18H15N3O3/c1-2-10-21-14-8-4-3-7-13(14)16(22)15(18(21)24)17(23)20-12-6-5-9-19-11-12/h2-9,11,22H,1,10H2,(H,20,23)/p+1. The Balaban J connectivity index is 2.18. The van der Waals surface area contributed by atoms with Crippen molar-refractivity contribution in [2.45, 2.75) is 6.54 Å². The number of carbonyl (C=O) groups excluding carboxylic acids is 1. The fraction of sp³-hybridized carbons (Fsp3) is 0.0556. The van der Waals surface area contributed by atoms with Crippen LogP contribution < -0.4 is 15.9 Å². The first-order valence-corrected chi connectivity index (χ1v) is 7.36. The molecule has 3 aromatic rings. The van der Waals surface area contributed by atoms with Crippen LogP contribution in [0.25, 0.3) is 10.9 Å². The summed E-state index contributed by atoms with van der Waals surface area (Å²) in [6.45, 7) is 3.88. The van der Waals surface area contributed by atoms with Gasteiger partial charge in [-0.05, 0) is 18.2 Å². The Morgan fingerprint density at radius 2 is 2.08 bits per heavy atom. The predicted octanol–water partition coefficient (Wildman–Crippen LogP) is 1.96. The average Bonchev–Trinajstić information content (AvgIpc) is 2.59. The maximum absolute atomic E-state index is 12.7. The van der Waals surface area contributed by atoms with E-state index in [4.69, 9.17) is 0 Å². The Kier molecular flexibility index (Phi) is 4.11. The van der Waals surface area contributed by atoms with Crippen LogP contribution in [0.3, 0.4) is 0 Å². The lowest BCUT2D eigenvalue weighted by Crippen LogP contribution is -2.29. The molecule has 0 aliphatic carbocycles. The molecule has 0 aliphatic heterocycles. The summed E-state index contributed by atoms with van der Waals surface area (Å²) >= 11 is 0. The first kappa shape index (κ1) is 15.5. The fourth-order valence-corrected chi connectivity index (χ4v) is 2.57. The summed E-state index contributed by atoms with van der Waals surface area (Å²) in [7, 11) is 0. The van der Waals surface area contributed by atoms with E-state index in [2.05, 4.69) is 16.9 Å². The number of hydrogen-bond acceptors (Lipinski definition) is 3. The summed E-state index contributed by atoms with van der Waals surface area (Å²) in [5.41, 5.74) is 0.178. The lowest BCUT2D eigenvalue weighted by molar-refractivity contribution is -0.377. The van der Waals surface area contributed by atoms with Gasteiger partial charge >= 0.3 is 0 Å². The minimum atomic E-state index is -0.666. The highest BCUT2D eigenvalue weighted by Gasteiger charge is 2.22. The van der Waals surface area contributed by atoms with Crippen LogP contribution in [-0.2, 0) is 6.54 Å². The van der Waals surface area contributed by atoms with Crippen molar-refractivity contribution in [3.63, 3.8) is 0 Å². The molecule has 0 bridgehead atoms. The third-order valence-electron chi connectivity index (χ3n) is 3.65. The highest BCUT2D eigenvalue weighted by Crippen LogP contribution is 2.26. The van der Waals surface area contributed by atoms with E-state index in [0.717, 1.165) is 0 Å². The molecule has 0 aliphatic rings. The van der Waals surface area contributed by atoms with E-state index >= 15 is 0 Å². The zero-order valence-electron chi connectivity index (χ0n) is 12.8. The van der Waals surface area contributed by atoms with E-state index < -0.39 is 11.5 Å². The summed E-state index contributed by atoms with van der Waals surface area (Å²) in [6.07, 6.45) is 4.84. The quantitative estimate of drug-likeness (QED) is 0.720. The van der Waals surface area contributed by atoms with Crippen molar-refractivity contribution >= 4 is 22.5 Å². The topological polar surface area (TPSA) is 85.5 Å². The molecule has 0 radical (unpaired) electrons. The molecule has 2 heterocycles. The first-order valence-electron chi connectivity index (χ1n) is 7.36. The van der Waals surface area contributed by atoms with E-state index in [1.54, 1.807) is 54.9 Å². The van der Waals surface area contributed by atoms with Gasteiger partial charge in [-0.25, -0.2) is 4.98 Å². The Hall–Kier alpha value is -3.41. The summed E-state index contributed by atoms with van der Waals surface area (Å²) < 4.78 is 1.41. The number of amides is 1. The Labute approximate surface area is 137 Å². The largest absolute Gasteiger partial charge is 0.506 e. The second-order valence-electron chi connectivity index (χ2n) is 5.19. The molecule has 0 saturated carbocycles. The number of nitrogens with one attached hydrogen (secondary N) is 2. The monoisotopic (exact) mass is 322 g/mol. The Bertz CT molecular complexity index is 978. The van der Waals surface area contributed by atoms with Gasteiger partial charge in [-0.2, -0.15) is 0 Å². The smallest absolute Gasteiger partial charge is 0.268 e. The molecule has 1 amide bonds. The van der Waals surface area contributed by atoms with Crippen molar-refractivity contribution in [1.29, 1.82) is 0 Å². The molecule has 2 aromatic heterocycles. The van der Waals surface area contributed by atoms with Crippen LogP contribution in [0.5, 0.6) is 5.75 Å². The molecule has 120 valence electrons. The number of hydrogen-bond donors (Lipinski definition) is 2. The maximum Gasteiger partial charge on any atom is 0.268 e. The van der Waals surface area contributed by atoms with Crippen LogP contribution in [0.2, 0.25) is 0 Å². The number of para-hydroxylation sites is 1. The number of fused-ring (bicyclic) bond motifs is 1. The van der Waals surface area contributed by atoms with Crippen LogP contribution in [-0.4, -0.2) is 15.6 Å². The van der Waals surface area contributed by atoms with Crippen LogP contribution >= 0.6 is 0 Å². The molecule has 6 nitrogen and oxygen atoms in total. The van der Waals surface area contributed by atoms with Crippen LogP contribution in [0.1, 0.15) is 10.4 Å². The number of benzene rings is 1. The van der Waals surface area contributed by atoms with Gasteiger partial charge in [0.15, 0.2) is 12.4 Å². The van der Waals surface area contributed by atoms with Crippen LogP contribution in [0.15, 0.2) is 66.2 Å². The van der Waals surface area contributed by atoms with E-state index in [1.165, 1.54) is 4.57 Å². The normalized spacial score (nSPS) is 10.5. The number of aromatic amines is 1. The van der Waals surface area contributed by atoms with Gasteiger partial charge in [-0.15, -0.1) is 6.58 Å². The molecular weight excluding hydrogens is 306 g/mol. The predicted molar refractivity (Wildman–Crippen MR) is 91.0 cm³/mol. The van der Waals surface area contributed by atoms with Gasteiger partial charge in [0.2, 0.25) is 0 Å². The molecule has 3 N–H and O–H groups in total. The highest BCUT2D eigenvalue weighted by molar-refractivity contribution is 6.08. The van der Waals surface area contributed by atoms with Gasteiger partial charge in [-0.3, -0.25) is 9.59 Å². The van der Waals surface area contributed by atoms with Gasteiger partial charge < -0.3 is 15.0 Å². The second-order valence-corrected chi connectivity index (χ2v) is 5.19. The summed E-state index contributed by atoms with van der Waals surface area (Å²) in [5.74, 6) is -0.992. The van der Waals surface area contributed by atoms with Crippen molar-refractivity contribution in [2.24, 2.45) is 0 Å². The number of anilines is 1. The molecular formula is C18H16N3O3+. The zero-order chi connectivity index (χ0) is 17.1. The Morgan fingerprint density at radius 3 is 2.79 bits per heavy atom. The summed E-state index contributed by atoms with van der Waals surface area (Å²) in [4.78, 5) is 28.1. The lowest BCUT2D eigenvalue weighted by atomic mass is 10.1. The zero-order valence-corrected chi connectivity index (χ0v) is 12.8. The maximum atomic E-state index is 12.7. The minimum absolute atomic E-state index is 0.235. The van der Waals surface area contributed by atoms with E-state index in [0.29, 0.717) is 16.6 Å². The van der Waals surface area contributed by atoms with Gasteiger partial charge in [-0.1, -0.05) is 18.2 Å². The SMILES string of the molecule is C=CCn1c(=O)c(C(=O)Nc2ccc[nH+]c2)c(O)c2ccccc21. The van der Waals surface area contributed by atoms with Gasteiger partial charge in [0.1, 0.15) is 17.0 Å². The number of nitrogens with zero attached hydrogens (tertiary/aromatic N) is 1. The fourth-order valence-electron chi connectivity index (χ4n) is 2.57. The van der Waals surface area contributed by atoms with Crippen LogP contribution in [0, 0.1) is 0 Å². The first-order chi connectivity index (χ1) is 11.6. The number of pyridine rings is 2. The van der Waals surface area contributed by atoms with Crippen LogP contribution in [0.4, 0.5) is 5.69 Å². The number of aromatic hydroxyl groups is 1. The number of allylic oxidation sites excluding steroid dienone is 1. The molecule has 0 spiro atoms. The van der Waals surface area contributed by atoms with Crippen molar-refractivity contribution in [2.75, 3.05) is 5.32 Å². The second kappa shape index (κ2) is 6.37. The highest BCUT2D eigenvalue weighted by atomic mass is 16.3. The summed E-state index contributed by atoms with van der Waals surface area (Å²) in [6, 6.07) is 10.3. The van der Waals surface area contributed by atoms with E-state index in [1.807, 2.05) is 0 Å². The third kappa shape index (κ3) is 2.65. The third-order valence-corrected chi connectivity index (χ3v) is 3.65. The number of H-pyrrole nitrogens is 1. The van der Waals surface area contributed by atoms with Crippen molar-refractivity contribution in [3.05, 3.63) is 77.4 Å². The molecule has 0 fully saturated rings. The molecule has 1 aromatic carbocycles. The van der Waals surface area contributed by atoms with Gasteiger partial charge in [0.05, 0.1) is 5.52 Å². The number of aromatic nitrogens is 2. The molecule has 0 unspecified atom stereocenters. The molecule has 3 rings (SSSR count). The molecule has 24 heavy (non-hydrogen) atoms. The number of carbonyl (C=O) groups is 1. The van der Waals surface area contributed by atoms with Crippen molar-refractivity contribution in [1.82, 2.24) is 4.57 Å². The van der Waals surface area contributed by atoms with Crippen molar-refractivity contribution in [3.8, 4) is 5.75 Å². The molecule has 6 heteroatoms. The summed E-state index contributed by atoms with van der Waals surface area (Å²) in [5, 5.41) is 13.5.